The van der Waals surface area contributed by atoms with E-state index in [-0.39, 0.29) is 5.69 Å². The fourth-order valence-corrected chi connectivity index (χ4v) is 1.29. The summed E-state index contributed by atoms with van der Waals surface area (Å²) < 4.78 is 0. The van der Waals surface area contributed by atoms with Crippen LogP contribution >= 0.6 is 0 Å². The van der Waals surface area contributed by atoms with Gasteiger partial charge in [0.15, 0.2) is 0 Å². The van der Waals surface area contributed by atoms with Gasteiger partial charge >= 0.3 is 5.69 Å². The smallest absolute Gasteiger partial charge is 0.312 e. The Balaban J connectivity index is 2.63. The third-order valence-electron chi connectivity index (χ3n) is 1.93. The van der Waals surface area contributed by atoms with E-state index in [1.54, 1.807) is 24.4 Å². The summed E-state index contributed by atoms with van der Waals surface area (Å²) >= 11 is 0. The number of imidazole rings is 1. The second kappa shape index (κ2) is 3.23. The number of nitriles is 1. The molecular formula is C10H7N3O. The predicted octanol–water partition coefficient (Wildman–Crippen LogP) is 1.24. The van der Waals surface area contributed by atoms with E-state index in [4.69, 9.17) is 5.26 Å². The molecule has 0 aliphatic carbocycles. The van der Waals surface area contributed by atoms with Crippen LogP contribution in [0.1, 0.15) is 5.56 Å². The van der Waals surface area contributed by atoms with Crippen LogP contribution in [-0.2, 0) is 0 Å². The fraction of sp³-hybridized carbons (Fsp3) is 0. The van der Waals surface area contributed by atoms with Gasteiger partial charge in [-0.2, -0.15) is 5.26 Å². The van der Waals surface area contributed by atoms with E-state index >= 15 is 0 Å². The zero-order chi connectivity index (χ0) is 9.97. The first-order chi connectivity index (χ1) is 6.81. The number of benzene rings is 1. The van der Waals surface area contributed by atoms with Crippen LogP contribution in [0.5, 0.6) is 0 Å². The first-order valence-electron chi connectivity index (χ1n) is 4.08. The number of rotatable bonds is 1. The van der Waals surface area contributed by atoms with Crippen molar-refractivity contribution in [2.75, 3.05) is 0 Å². The van der Waals surface area contributed by atoms with Gasteiger partial charge in [0.25, 0.3) is 0 Å². The van der Waals surface area contributed by atoms with Gasteiger partial charge < -0.3 is 9.97 Å². The Morgan fingerprint density at radius 2 is 2.07 bits per heavy atom. The highest BCUT2D eigenvalue weighted by atomic mass is 16.1. The first-order valence-corrected chi connectivity index (χ1v) is 4.08. The minimum absolute atomic E-state index is 0.271. The van der Waals surface area contributed by atoms with Crippen LogP contribution in [0.4, 0.5) is 0 Å². The summed E-state index contributed by atoms with van der Waals surface area (Å²) in [6, 6.07) is 9.17. The van der Waals surface area contributed by atoms with Crippen LogP contribution in [0.15, 0.2) is 35.3 Å². The molecule has 0 unspecified atom stereocenters. The summed E-state index contributed by atoms with van der Waals surface area (Å²) in [6.07, 6.45) is 1.55. The molecule has 0 fully saturated rings. The normalized spacial score (nSPS) is 9.64. The molecule has 0 aliphatic heterocycles. The van der Waals surface area contributed by atoms with E-state index in [1.807, 2.05) is 6.07 Å². The maximum absolute atomic E-state index is 10.9. The standard InChI is InChI=1S/C10H7N3O/c11-5-7-3-1-2-4-8(7)9-6-12-10(14)13-9/h1-4,6H,(H2,12,13,14). The van der Waals surface area contributed by atoms with Crippen molar-refractivity contribution in [3.8, 4) is 17.3 Å². The van der Waals surface area contributed by atoms with Crippen LogP contribution < -0.4 is 5.69 Å². The van der Waals surface area contributed by atoms with Crippen molar-refractivity contribution in [3.63, 3.8) is 0 Å². The predicted molar refractivity (Wildman–Crippen MR) is 51.6 cm³/mol. The molecule has 14 heavy (non-hydrogen) atoms. The average molecular weight is 185 g/mol. The first kappa shape index (κ1) is 8.32. The number of aromatic amines is 2. The molecule has 0 spiro atoms. The Morgan fingerprint density at radius 1 is 1.29 bits per heavy atom. The number of aromatic nitrogens is 2. The van der Waals surface area contributed by atoms with Gasteiger partial charge in [0.2, 0.25) is 0 Å². The van der Waals surface area contributed by atoms with E-state index in [2.05, 4.69) is 16.0 Å². The number of H-pyrrole nitrogens is 2. The largest absolute Gasteiger partial charge is 0.323 e. The van der Waals surface area contributed by atoms with Crippen molar-refractivity contribution < 1.29 is 0 Å². The van der Waals surface area contributed by atoms with Gasteiger partial charge in [-0.1, -0.05) is 18.2 Å². The van der Waals surface area contributed by atoms with Crippen molar-refractivity contribution in [1.29, 1.82) is 5.26 Å². The van der Waals surface area contributed by atoms with Gasteiger partial charge in [-0.05, 0) is 6.07 Å². The van der Waals surface area contributed by atoms with Gasteiger partial charge in [0.05, 0.1) is 17.3 Å². The molecule has 0 saturated carbocycles. The molecule has 0 amide bonds. The molecule has 1 aromatic carbocycles. The van der Waals surface area contributed by atoms with E-state index in [9.17, 15) is 4.79 Å². The van der Waals surface area contributed by atoms with Crippen molar-refractivity contribution in [1.82, 2.24) is 9.97 Å². The Morgan fingerprint density at radius 3 is 2.71 bits per heavy atom. The lowest BCUT2D eigenvalue weighted by atomic mass is 10.1. The zero-order valence-electron chi connectivity index (χ0n) is 7.24. The molecule has 0 bridgehead atoms. The SMILES string of the molecule is N#Cc1ccccc1-c1c[nH]c(=O)[nH]1. The van der Waals surface area contributed by atoms with Crippen molar-refractivity contribution >= 4 is 0 Å². The summed E-state index contributed by atoms with van der Waals surface area (Å²) in [6.45, 7) is 0. The van der Waals surface area contributed by atoms with Crippen LogP contribution in [0.2, 0.25) is 0 Å². The molecule has 0 radical (unpaired) electrons. The molecule has 2 aromatic rings. The third kappa shape index (κ3) is 1.31. The fourth-order valence-electron chi connectivity index (χ4n) is 1.29. The van der Waals surface area contributed by atoms with Gasteiger partial charge in [0.1, 0.15) is 0 Å². The van der Waals surface area contributed by atoms with Crippen molar-refractivity contribution in [3.05, 3.63) is 46.5 Å². The Kier molecular flexibility index (Phi) is 1.92. The molecule has 2 N–H and O–H groups in total. The van der Waals surface area contributed by atoms with E-state index in [0.717, 1.165) is 5.56 Å². The quantitative estimate of drug-likeness (QED) is 0.701. The van der Waals surface area contributed by atoms with E-state index in [1.165, 1.54) is 0 Å². The number of hydrogen-bond donors (Lipinski definition) is 2. The van der Waals surface area contributed by atoms with Gasteiger partial charge in [0, 0.05) is 11.8 Å². The monoisotopic (exact) mass is 185 g/mol. The summed E-state index contributed by atoms with van der Waals surface area (Å²) in [5.74, 6) is 0. The lowest BCUT2D eigenvalue weighted by molar-refractivity contribution is 1.19. The molecule has 0 saturated heterocycles. The highest BCUT2D eigenvalue weighted by molar-refractivity contribution is 5.66. The molecule has 4 heteroatoms. The van der Waals surface area contributed by atoms with E-state index in [0.29, 0.717) is 11.3 Å². The highest BCUT2D eigenvalue weighted by Gasteiger charge is 2.04. The lowest BCUT2D eigenvalue weighted by Gasteiger charge is -1.98. The minimum Gasteiger partial charge on any atom is -0.312 e. The molecule has 4 nitrogen and oxygen atoms in total. The molecule has 2 rings (SSSR count). The summed E-state index contributed by atoms with van der Waals surface area (Å²) in [5.41, 5.74) is 1.64. The summed E-state index contributed by atoms with van der Waals surface area (Å²) in [4.78, 5) is 16.0. The Labute approximate surface area is 79.8 Å². The Bertz CT molecular complexity index is 545. The minimum atomic E-state index is -0.271. The molecule has 1 heterocycles. The van der Waals surface area contributed by atoms with Crippen LogP contribution in [0, 0.1) is 11.3 Å². The molecule has 0 aliphatic rings. The van der Waals surface area contributed by atoms with Gasteiger partial charge in [-0.25, -0.2) is 4.79 Å². The second-order valence-corrected chi connectivity index (χ2v) is 2.81. The molecular weight excluding hydrogens is 178 g/mol. The molecule has 0 atom stereocenters. The molecule has 68 valence electrons. The van der Waals surface area contributed by atoms with Gasteiger partial charge in [-0.3, -0.25) is 0 Å². The Hall–Kier alpha value is -2.28. The maximum Gasteiger partial charge on any atom is 0.323 e. The number of hydrogen-bond acceptors (Lipinski definition) is 2. The van der Waals surface area contributed by atoms with Crippen molar-refractivity contribution in [2.24, 2.45) is 0 Å². The van der Waals surface area contributed by atoms with Crippen molar-refractivity contribution in [2.45, 2.75) is 0 Å². The third-order valence-corrected chi connectivity index (χ3v) is 1.93. The zero-order valence-corrected chi connectivity index (χ0v) is 7.24. The van der Waals surface area contributed by atoms with Crippen LogP contribution in [0.25, 0.3) is 11.3 Å². The summed E-state index contributed by atoms with van der Waals surface area (Å²) in [5, 5.41) is 8.83. The highest BCUT2D eigenvalue weighted by Crippen LogP contribution is 2.18. The molecule has 1 aromatic heterocycles. The van der Waals surface area contributed by atoms with Crippen LogP contribution in [0.3, 0.4) is 0 Å². The topological polar surface area (TPSA) is 72.4 Å². The average Bonchev–Trinajstić information content (AvgIpc) is 2.65. The second-order valence-electron chi connectivity index (χ2n) is 2.81. The number of nitrogens with zero attached hydrogens (tertiary/aromatic N) is 1. The lowest BCUT2D eigenvalue weighted by Crippen LogP contribution is -2.00. The summed E-state index contributed by atoms with van der Waals surface area (Å²) in [7, 11) is 0. The van der Waals surface area contributed by atoms with Crippen LogP contribution in [-0.4, -0.2) is 9.97 Å². The number of nitrogens with one attached hydrogen (secondary N) is 2. The van der Waals surface area contributed by atoms with E-state index < -0.39 is 0 Å². The van der Waals surface area contributed by atoms with Gasteiger partial charge in [-0.15, -0.1) is 0 Å². The maximum atomic E-state index is 10.9.